The van der Waals surface area contributed by atoms with Crippen molar-refractivity contribution in [3.05, 3.63) is 36.1 Å². The zero-order valence-corrected chi connectivity index (χ0v) is 16.1. The summed E-state index contributed by atoms with van der Waals surface area (Å²) in [5.74, 6) is 1.76. The number of ether oxygens (including phenoxy) is 2. The van der Waals surface area contributed by atoms with Crippen molar-refractivity contribution in [2.75, 3.05) is 14.2 Å². The van der Waals surface area contributed by atoms with Gasteiger partial charge in [0.05, 0.1) is 14.2 Å². The highest BCUT2D eigenvalue weighted by molar-refractivity contribution is 8.00. The summed E-state index contributed by atoms with van der Waals surface area (Å²) in [6.45, 7) is 3.41. The van der Waals surface area contributed by atoms with E-state index in [9.17, 15) is 9.90 Å². The van der Waals surface area contributed by atoms with Crippen molar-refractivity contribution in [3.8, 4) is 28.8 Å². The second-order valence-electron chi connectivity index (χ2n) is 5.66. The quantitative estimate of drug-likeness (QED) is 0.614. The van der Waals surface area contributed by atoms with Crippen LogP contribution in [0.25, 0.3) is 17.3 Å². The monoisotopic (exact) mass is 389 g/mol. The molecule has 3 aromatic rings. The molecule has 142 valence electrons. The van der Waals surface area contributed by atoms with Crippen LogP contribution in [0.5, 0.6) is 11.5 Å². The Labute approximate surface area is 160 Å². The van der Waals surface area contributed by atoms with E-state index in [1.54, 1.807) is 50.0 Å². The van der Waals surface area contributed by atoms with Crippen LogP contribution in [0, 0.1) is 6.92 Å². The summed E-state index contributed by atoms with van der Waals surface area (Å²) in [7, 11) is 3.10. The Balaban J connectivity index is 2.26. The molecule has 2 heterocycles. The molecule has 1 atom stereocenters. The van der Waals surface area contributed by atoms with Gasteiger partial charge >= 0.3 is 5.97 Å². The number of para-hydroxylation sites is 1. The third-order valence-corrected chi connectivity index (χ3v) is 4.88. The van der Waals surface area contributed by atoms with Gasteiger partial charge in [-0.1, -0.05) is 17.8 Å². The molecule has 0 aliphatic rings. The Hall–Kier alpha value is -2.94. The SMILES string of the molecule is COc1cccc(OC)c1-n1c(SC(C)C(=O)O)nnc1-c1ccc(C)o1. The van der Waals surface area contributed by atoms with Gasteiger partial charge in [0, 0.05) is 0 Å². The maximum Gasteiger partial charge on any atom is 0.316 e. The number of nitrogens with zero attached hydrogens (tertiary/aromatic N) is 3. The van der Waals surface area contributed by atoms with Gasteiger partial charge in [-0.2, -0.15) is 0 Å². The first-order valence-electron chi connectivity index (χ1n) is 8.09. The molecular weight excluding hydrogens is 370 g/mol. The molecule has 0 spiro atoms. The Morgan fingerprint density at radius 2 is 1.85 bits per heavy atom. The first kappa shape index (κ1) is 18.8. The minimum absolute atomic E-state index is 0.386. The summed E-state index contributed by atoms with van der Waals surface area (Å²) in [5, 5.41) is 17.4. The van der Waals surface area contributed by atoms with Crippen molar-refractivity contribution in [1.29, 1.82) is 0 Å². The molecule has 27 heavy (non-hydrogen) atoms. The lowest BCUT2D eigenvalue weighted by Gasteiger charge is -2.17. The molecule has 0 aliphatic carbocycles. The predicted molar refractivity (Wildman–Crippen MR) is 99.9 cm³/mol. The van der Waals surface area contributed by atoms with Gasteiger partial charge in [0.25, 0.3) is 0 Å². The largest absolute Gasteiger partial charge is 0.494 e. The van der Waals surface area contributed by atoms with Gasteiger partial charge in [0.15, 0.2) is 10.9 Å². The molecule has 1 aromatic carbocycles. The molecule has 1 N–H and O–H groups in total. The van der Waals surface area contributed by atoms with Crippen LogP contribution < -0.4 is 9.47 Å². The molecule has 8 nitrogen and oxygen atoms in total. The number of methoxy groups -OCH3 is 2. The van der Waals surface area contributed by atoms with Gasteiger partial charge in [0.2, 0.25) is 5.82 Å². The number of thioether (sulfide) groups is 1. The van der Waals surface area contributed by atoms with E-state index in [0.29, 0.717) is 33.9 Å². The predicted octanol–water partition coefficient (Wildman–Crippen LogP) is 3.42. The molecule has 0 fully saturated rings. The standard InChI is InChI=1S/C18H19N3O5S/c1-10-8-9-14(26-10)16-19-20-18(27-11(2)17(22)23)21(16)15-12(24-3)6-5-7-13(15)25-4/h5-9,11H,1-4H3,(H,22,23). The zero-order chi connectivity index (χ0) is 19.6. The minimum atomic E-state index is -0.947. The van der Waals surface area contributed by atoms with Crippen LogP contribution in [0.2, 0.25) is 0 Å². The van der Waals surface area contributed by atoms with E-state index < -0.39 is 11.2 Å². The lowest BCUT2D eigenvalue weighted by Crippen LogP contribution is -2.13. The van der Waals surface area contributed by atoms with Crippen LogP contribution in [0.15, 0.2) is 39.9 Å². The average molecular weight is 389 g/mol. The van der Waals surface area contributed by atoms with Crippen molar-refractivity contribution in [1.82, 2.24) is 14.8 Å². The molecule has 0 amide bonds. The number of hydrogen-bond donors (Lipinski definition) is 1. The number of aliphatic carboxylic acids is 1. The van der Waals surface area contributed by atoms with Crippen LogP contribution in [0.4, 0.5) is 0 Å². The summed E-state index contributed by atoms with van der Waals surface area (Å²) in [4.78, 5) is 11.3. The van der Waals surface area contributed by atoms with E-state index in [-0.39, 0.29) is 0 Å². The van der Waals surface area contributed by atoms with Gasteiger partial charge < -0.3 is 19.0 Å². The highest BCUT2D eigenvalue weighted by Gasteiger charge is 2.26. The lowest BCUT2D eigenvalue weighted by molar-refractivity contribution is -0.136. The van der Waals surface area contributed by atoms with Crippen molar-refractivity contribution in [3.63, 3.8) is 0 Å². The van der Waals surface area contributed by atoms with Crippen molar-refractivity contribution < 1.29 is 23.8 Å². The van der Waals surface area contributed by atoms with Crippen LogP contribution in [-0.2, 0) is 4.79 Å². The summed E-state index contributed by atoms with van der Waals surface area (Å²) in [5.41, 5.74) is 0.566. The molecule has 2 aromatic heterocycles. The minimum Gasteiger partial charge on any atom is -0.494 e. The van der Waals surface area contributed by atoms with Gasteiger partial charge in [-0.05, 0) is 38.1 Å². The van der Waals surface area contributed by atoms with Crippen molar-refractivity contribution in [2.45, 2.75) is 24.3 Å². The Morgan fingerprint density at radius 1 is 1.19 bits per heavy atom. The fourth-order valence-electron chi connectivity index (χ4n) is 2.52. The third kappa shape index (κ3) is 3.63. The van der Waals surface area contributed by atoms with Gasteiger partial charge in [-0.15, -0.1) is 10.2 Å². The molecule has 3 rings (SSSR count). The molecule has 0 saturated carbocycles. The number of hydrogen-bond acceptors (Lipinski definition) is 7. The van der Waals surface area contributed by atoms with E-state index in [1.165, 1.54) is 0 Å². The molecule has 9 heteroatoms. The number of carbonyl (C=O) groups is 1. The molecule has 1 unspecified atom stereocenters. The van der Waals surface area contributed by atoms with Crippen LogP contribution in [-0.4, -0.2) is 45.3 Å². The first-order valence-corrected chi connectivity index (χ1v) is 8.97. The number of benzene rings is 1. The number of aryl methyl sites for hydroxylation is 1. The van der Waals surface area contributed by atoms with Crippen LogP contribution in [0.3, 0.4) is 0 Å². The van der Waals surface area contributed by atoms with Gasteiger partial charge in [0.1, 0.15) is 28.2 Å². The fourth-order valence-corrected chi connectivity index (χ4v) is 3.31. The van der Waals surface area contributed by atoms with E-state index >= 15 is 0 Å². The fraction of sp³-hybridized carbons (Fsp3) is 0.278. The highest BCUT2D eigenvalue weighted by atomic mass is 32.2. The van der Waals surface area contributed by atoms with E-state index in [1.807, 2.05) is 13.0 Å². The Morgan fingerprint density at radius 3 is 2.37 bits per heavy atom. The number of aromatic nitrogens is 3. The van der Waals surface area contributed by atoms with Gasteiger partial charge in [-0.3, -0.25) is 9.36 Å². The van der Waals surface area contributed by atoms with E-state index in [4.69, 9.17) is 13.9 Å². The average Bonchev–Trinajstić information content (AvgIpc) is 3.26. The number of carboxylic acids is 1. The van der Waals surface area contributed by atoms with E-state index in [0.717, 1.165) is 17.5 Å². The molecule has 0 aliphatic heterocycles. The summed E-state index contributed by atoms with van der Waals surface area (Å²) in [6.07, 6.45) is 0. The zero-order valence-electron chi connectivity index (χ0n) is 15.3. The maximum atomic E-state index is 11.3. The second kappa shape index (κ2) is 7.75. The molecule has 0 radical (unpaired) electrons. The first-order chi connectivity index (χ1) is 13.0. The van der Waals surface area contributed by atoms with Crippen LogP contribution in [0.1, 0.15) is 12.7 Å². The Kier molecular flexibility index (Phi) is 5.41. The van der Waals surface area contributed by atoms with Gasteiger partial charge in [-0.25, -0.2) is 0 Å². The molecule has 0 saturated heterocycles. The Bertz CT molecular complexity index is 944. The normalized spacial score (nSPS) is 12.0. The number of furan rings is 1. The summed E-state index contributed by atoms with van der Waals surface area (Å²) in [6, 6.07) is 8.97. The summed E-state index contributed by atoms with van der Waals surface area (Å²) >= 11 is 1.07. The van der Waals surface area contributed by atoms with Crippen molar-refractivity contribution >= 4 is 17.7 Å². The maximum absolute atomic E-state index is 11.3. The van der Waals surface area contributed by atoms with Crippen LogP contribution >= 0.6 is 11.8 Å². The topological polar surface area (TPSA) is 99.6 Å². The third-order valence-electron chi connectivity index (χ3n) is 3.85. The molecular formula is C18H19N3O5S. The lowest BCUT2D eigenvalue weighted by atomic mass is 10.2. The molecule has 0 bridgehead atoms. The number of carboxylic acid groups (broad SMARTS) is 1. The van der Waals surface area contributed by atoms with Crippen molar-refractivity contribution in [2.24, 2.45) is 0 Å². The number of rotatable bonds is 7. The summed E-state index contributed by atoms with van der Waals surface area (Å²) < 4.78 is 18.4. The van der Waals surface area contributed by atoms with E-state index in [2.05, 4.69) is 10.2 Å². The highest BCUT2D eigenvalue weighted by Crippen LogP contribution is 2.39. The second-order valence-corrected chi connectivity index (χ2v) is 6.97. The smallest absolute Gasteiger partial charge is 0.316 e.